The maximum Gasteiger partial charge on any atom is 0.259 e. The number of fused-ring (bicyclic) bond motifs is 1. The minimum absolute atomic E-state index is 0.128. The molecule has 0 aromatic carbocycles. The van der Waals surface area contributed by atoms with Crippen molar-refractivity contribution in [1.29, 1.82) is 0 Å². The highest BCUT2D eigenvalue weighted by molar-refractivity contribution is 7.17. The lowest BCUT2D eigenvalue weighted by Gasteiger charge is -2.20. The Hall–Kier alpha value is -1.92. The molecule has 7 heteroatoms. The van der Waals surface area contributed by atoms with E-state index in [2.05, 4.69) is 17.2 Å². The lowest BCUT2D eigenvalue weighted by molar-refractivity contribution is 0.1000. The number of hydrogen-bond acceptors (Lipinski definition) is 4. The summed E-state index contributed by atoms with van der Waals surface area (Å²) in [5, 5.41) is 3.43. The van der Waals surface area contributed by atoms with Crippen LogP contribution in [0.25, 0.3) is 0 Å². The van der Waals surface area contributed by atoms with Gasteiger partial charge in [-0.05, 0) is 42.9 Å². The van der Waals surface area contributed by atoms with Gasteiger partial charge in [-0.2, -0.15) is 0 Å². The molecule has 0 saturated carbocycles. The van der Waals surface area contributed by atoms with E-state index in [1.165, 1.54) is 17.5 Å². The number of nitrogens with zero attached hydrogens (tertiary/aromatic N) is 1. The number of nitrogens with two attached hydrogens (primary N) is 1. The molecule has 3 rings (SSSR count). The third-order valence-electron chi connectivity index (χ3n) is 4.42. The molecular formula is C17H18ClN3O2S. The zero-order valence-corrected chi connectivity index (χ0v) is 14.8. The van der Waals surface area contributed by atoms with Gasteiger partial charge in [0.05, 0.1) is 11.1 Å². The highest BCUT2D eigenvalue weighted by atomic mass is 35.5. The largest absolute Gasteiger partial charge is 0.365 e. The Morgan fingerprint density at radius 2 is 2.29 bits per heavy atom. The first-order valence-corrected chi connectivity index (χ1v) is 9.06. The average molecular weight is 364 g/mol. The van der Waals surface area contributed by atoms with Gasteiger partial charge in [0, 0.05) is 11.1 Å². The fourth-order valence-corrected chi connectivity index (χ4v) is 4.64. The first-order valence-electron chi connectivity index (χ1n) is 7.87. The number of halogens is 1. The van der Waals surface area contributed by atoms with Crippen LogP contribution in [0.15, 0.2) is 18.3 Å². The molecule has 5 nitrogen and oxygen atoms in total. The Balaban J connectivity index is 1.94. The Labute approximate surface area is 149 Å². The van der Waals surface area contributed by atoms with Crippen molar-refractivity contribution < 1.29 is 9.59 Å². The summed E-state index contributed by atoms with van der Waals surface area (Å²) < 4.78 is 0. The number of carbonyl (C=O) groups is 2. The first kappa shape index (κ1) is 16.9. The molecule has 0 radical (unpaired) electrons. The standard InChI is InChI=1S/C17H18ClN3O2S/c1-2-9-5-6-10-12(8-9)24-17(13(10)15(19)22)21-16(23)11-4-3-7-20-14(11)18/h3-4,7,9H,2,5-6,8H2,1H3,(H2,19,22)(H,21,23)/t9-/m1/s1. The van der Waals surface area contributed by atoms with Crippen molar-refractivity contribution in [2.24, 2.45) is 11.7 Å². The van der Waals surface area contributed by atoms with Crippen LogP contribution in [0.3, 0.4) is 0 Å². The highest BCUT2D eigenvalue weighted by Crippen LogP contribution is 2.40. The van der Waals surface area contributed by atoms with Crippen molar-refractivity contribution >= 4 is 39.8 Å². The first-order chi connectivity index (χ1) is 11.5. The van der Waals surface area contributed by atoms with E-state index in [0.29, 0.717) is 16.5 Å². The summed E-state index contributed by atoms with van der Waals surface area (Å²) in [6, 6.07) is 3.23. The van der Waals surface area contributed by atoms with Crippen LogP contribution in [0.4, 0.5) is 5.00 Å². The van der Waals surface area contributed by atoms with Gasteiger partial charge in [0.25, 0.3) is 11.8 Å². The number of carbonyl (C=O) groups excluding carboxylic acids is 2. The molecule has 2 amide bonds. The van der Waals surface area contributed by atoms with Gasteiger partial charge in [0.2, 0.25) is 0 Å². The molecule has 0 bridgehead atoms. The van der Waals surface area contributed by atoms with Crippen molar-refractivity contribution in [1.82, 2.24) is 4.98 Å². The summed E-state index contributed by atoms with van der Waals surface area (Å²) in [6.45, 7) is 2.17. The molecule has 24 heavy (non-hydrogen) atoms. The quantitative estimate of drug-likeness (QED) is 0.813. The number of pyridine rings is 1. The summed E-state index contributed by atoms with van der Waals surface area (Å²) in [5.41, 5.74) is 7.28. The number of primary amides is 1. The van der Waals surface area contributed by atoms with Crippen LogP contribution >= 0.6 is 22.9 Å². The normalized spacial score (nSPS) is 16.5. The summed E-state index contributed by atoms with van der Waals surface area (Å²) in [5.74, 6) is -0.274. The second-order valence-corrected chi connectivity index (χ2v) is 7.35. The Bertz CT molecular complexity index is 803. The summed E-state index contributed by atoms with van der Waals surface area (Å²) >= 11 is 7.41. The molecule has 2 aromatic rings. The van der Waals surface area contributed by atoms with Crippen LogP contribution in [0, 0.1) is 5.92 Å². The van der Waals surface area contributed by atoms with Crippen LogP contribution in [-0.4, -0.2) is 16.8 Å². The lowest BCUT2D eigenvalue weighted by Crippen LogP contribution is -2.20. The number of aromatic nitrogens is 1. The number of anilines is 1. The summed E-state index contributed by atoms with van der Waals surface area (Å²) in [7, 11) is 0. The molecule has 1 aliphatic rings. The Morgan fingerprint density at radius 3 is 2.96 bits per heavy atom. The van der Waals surface area contributed by atoms with E-state index in [4.69, 9.17) is 17.3 Å². The molecule has 0 fully saturated rings. The topological polar surface area (TPSA) is 85.1 Å². The van der Waals surface area contributed by atoms with Crippen molar-refractivity contribution in [2.45, 2.75) is 32.6 Å². The predicted molar refractivity (Wildman–Crippen MR) is 95.8 cm³/mol. The third-order valence-corrected chi connectivity index (χ3v) is 5.89. The second-order valence-electron chi connectivity index (χ2n) is 5.89. The smallest absolute Gasteiger partial charge is 0.259 e. The SMILES string of the molecule is CC[C@@H]1CCc2c(sc(NC(=O)c3cccnc3Cl)c2C(N)=O)C1. The van der Waals surface area contributed by atoms with Gasteiger partial charge >= 0.3 is 0 Å². The fourth-order valence-electron chi connectivity index (χ4n) is 3.08. The van der Waals surface area contributed by atoms with Crippen LogP contribution in [-0.2, 0) is 12.8 Å². The Kier molecular flexibility index (Phi) is 4.87. The van der Waals surface area contributed by atoms with Crippen LogP contribution in [0.5, 0.6) is 0 Å². The molecule has 0 spiro atoms. The molecule has 0 aliphatic heterocycles. The van der Waals surface area contributed by atoms with Crippen molar-refractivity contribution in [2.75, 3.05) is 5.32 Å². The van der Waals surface area contributed by atoms with E-state index in [-0.39, 0.29) is 16.6 Å². The molecular weight excluding hydrogens is 346 g/mol. The molecule has 0 saturated heterocycles. The number of hydrogen-bond donors (Lipinski definition) is 2. The minimum Gasteiger partial charge on any atom is -0.365 e. The maximum absolute atomic E-state index is 12.5. The van der Waals surface area contributed by atoms with Crippen molar-refractivity contribution in [3.05, 3.63) is 45.1 Å². The third kappa shape index (κ3) is 3.16. The van der Waals surface area contributed by atoms with E-state index < -0.39 is 5.91 Å². The molecule has 1 atom stereocenters. The molecule has 0 unspecified atom stereocenters. The Morgan fingerprint density at radius 1 is 1.50 bits per heavy atom. The van der Waals surface area contributed by atoms with Crippen molar-refractivity contribution in [3.8, 4) is 0 Å². The predicted octanol–water partition coefficient (Wildman–Crippen LogP) is 3.66. The van der Waals surface area contributed by atoms with Gasteiger partial charge in [-0.1, -0.05) is 24.9 Å². The zero-order chi connectivity index (χ0) is 17.3. The van der Waals surface area contributed by atoms with Crippen LogP contribution in [0.2, 0.25) is 5.15 Å². The van der Waals surface area contributed by atoms with Crippen molar-refractivity contribution in [3.63, 3.8) is 0 Å². The number of rotatable bonds is 4. The molecule has 2 heterocycles. The number of thiophene rings is 1. The van der Waals surface area contributed by atoms with Gasteiger partial charge in [-0.3, -0.25) is 9.59 Å². The summed E-state index contributed by atoms with van der Waals surface area (Å²) in [6.07, 6.45) is 5.42. The number of nitrogens with one attached hydrogen (secondary N) is 1. The molecule has 126 valence electrons. The second kappa shape index (κ2) is 6.91. The molecule has 3 N–H and O–H groups in total. The van der Waals surface area contributed by atoms with Crippen LogP contribution < -0.4 is 11.1 Å². The van der Waals surface area contributed by atoms with Gasteiger partial charge in [-0.15, -0.1) is 11.3 Å². The van der Waals surface area contributed by atoms with Gasteiger partial charge in [-0.25, -0.2) is 4.98 Å². The summed E-state index contributed by atoms with van der Waals surface area (Å²) in [4.78, 5) is 29.4. The van der Waals surface area contributed by atoms with Gasteiger partial charge < -0.3 is 11.1 Å². The van der Waals surface area contributed by atoms with Gasteiger partial charge in [0.15, 0.2) is 0 Å². The van der Waals surface area contributed by atoms with E-state index in [0.717, 1.165) is 36.1 Å². The average Bonchev–Trinajstić information content (AvgIpc) is 2.91. The van der Waals surface area contributed by atoms with E-state index in [1.807, 2.05) is 0 Å². The maximum atomic E-state index is 12.5. The molecule has 2 aromatic heterocycles. The van der Waals surface area contributed by atoms with Crippen LogP contribution in [0.1, 0.15) is 50.9 Å². The van der Waals surface area contributed by atoms with Gasteiger partial charge in [0.1, 0.15) is 10.2 Å². The monoisotopic (exact) mass is 363 g/mol. The zero-order valence-electron chi connectivity index (χ0n) is 13.3. The minimum atomic E-state index is -0.505. The molecule has 1 aliphatic carbocycles. The number of amides is 2. The highest BCUT2D eigenvalue weighted by Gasteiger charge is 2.28. The van der Waals surface area contributed by atoms with E-state index >= 15 is 0 Å². The van der Waals surface area contributed by atoms with E-state index in [1.54, 1.807) is 12.1 Å². The lowest BCUT2D eigenvalue weighted by atomic mass is 9.85. The van der Waals surface area contributed by atoms with E-state index in [9.17, 15) is 9.59 Å². The fraction of sp³-hybridized carbons (Fsp3) is 0.353.